The molecule has 1 aliphatic rings. The summed E-state index contributed by atoms with van der Waals surface area (Å²) in [6, 6.07) is 0.519. The van der Waals surface area contributed by atoms with Crippen molar-refractivity contribution in [3.05, 3.63) is 0 Å². The lowest BCUT2D eigenvalue weighted by Gasteiger charge is -2.34. The van der Waals surface area contributed by atoms with Gasteiger partial charge in [-0.25, -0.2) is 0 Å². The number of carbonyl (C=O) groups excluding carboxylic acids is 1. The molecular formula is C10H21N3O. The second-order valence-corrected chi connectivity index (χ2v) is 3.87. The molecule has 0 radical (unpaired) electrons. The largest absolute Gasteiger partial charge is 0.358 e. The van der Waals surface area contributed by atoms with Crippen molar-refractivity contribution in [2.75, 3.05) is 26.7 Å². The van der Waals surface area contributed by atoms with Crippen molar-refractivity contribution in [1.82, 2.24) is 10.2 Å². The highest BCUT2D eigenvalue weighted by molar-refractivity contribution is 5.77. The maximum Gasteiger partial charge on any atom is 0.233 e. The molecule has 0 saturated carbocycles. The van der Waals surface area contributed by atoms with Gasteiger partial charge < -0.3 is 11.1 Å². The molecule has 0 spiro atoms. The Balaban J connectivity index is 2.41. The van der Waals surface area contributed by atoms with E-state index in [0.717, 1.165) is 19.5 Å². The first-order valence-corrected chi connectivity index (χ1v) is 5.42. The summed E-state index contributed by atoms with van der Waals surface area (Å²) < 4.78 is 0. The Labute approximate surface area is 85.8 Å². The SMILES string of the molecule is CNC(=O)CN1CCCCC1CCN. The second kappa shape index (κ2) is 5.98. The van der Waals surface area contributed by atoms with Crippen LogP contribution in [-0.4, -0.2) is 43.5 Å². The van der Waals surface area contributed by atoms with Crippen molar-refractivity contribution in [1.29, 1.82) is 0 Å². The molecule has 4 heteroatoms. The van der Waals surface area contributed by atoms with Crippen molar-refractivity contribution in [2.24, 2.45) is 5.73 Å². The van der Waals surface area contributed by atoms with Crippen LogP contribution in [0.4, 0.5) is 0 Å². The summed E-state index contributed by atoms with van der Waals surface area (Å²) in [6.45, 7) is 2.29. The summed E-state index contributed by atoms with van der Waals surface area (Å²) in [5.74, 6) is 0.105. The molecule has 4 nitrogen and oxygen atoms in total. The lowest BCUT2D eigenvalue weighted by Crippen LogP contribution is -2.45. The molecule has 1 saturated heterocycles. The van der Waals surface area contributed by atoms with Gasteiger partial charge in [0.05, 0.1) is 6.54 Å². The molecule has 1 fully saturated rings. The van der Waals surface area contributed by atoms with Crippen LogP contribution in [0.25, 0.3) is 0 Å². The van der Waals surface area contributed by atoms with E-state index in [9.17, 15) is 4.79 Å². The lowest BCUT2D eigenvalue weighted by molar-refractivity contribution is -0.122. The molecule has 0 aromatic heterocycles. The van der Waals surface area contributed by atoms with Gasteiger partial charge in [-0.3, -0.25) is 9.69 Å². The molecule has 1 heterocycles. The van der Waals surface area contributed by atoms with Crippen molar-refractivity contribution in [3.63, 3.8) is 0 Å². The molecule has 1 amide bonds. The third-order valence-electron chi connectivity index (χ3n) is 2.87. The summed E-state index contributed by atoms with van der Waals surface area (Å²) in [6.07, 6.45) is 4.68. The number of nitrogens with zero attached hydrogens (tertiary/aromatic N) is 1. The van der Waals surface area contributed by atoms with Crippen LogP contribution in [0.1, 0.15) is 25.7 Å². The number of carbonyl (C=O) groups is 1. The molecular weight excluding hydrogens is 178 g/mol. The quantitative estimate of drug-likeness (QED) is 0.666. The summed E-state index contributed by atoms with van der Waals surface area (Å²) in [5, 5.41) is 2.66. The highest BCUT2D eigenvalue weighted by Crippen LogP contribution is 2.18. The Morgan fingerprint density at radius 3 is 3.00 bits per heavy atom. The zero-order valence-electron chi connectivity index (χ0n) is 8.96. The Kier molecular flexibility index (Phi) is 4.90. The van der Waals surface area contributed by atoms with Gasteiger partial charge in [0.1, 0.15) is 0 Å². The molecule has 0 bridgehead atoms. The van der Waals surface area contributed by atoms with Crippen molar-refractivity contribution in [2.45, 2.75) is 31.7 Å². The van der Waals surface area contributed by atoms with Crippen molar-refractivity contribution in [3.8, 4) is 0 Å². The van der Waals surface area contributed by atoms with E-state index in [2.05, 4.69) is 10.2 Å². The molecule has 1 unspecified atom stereocenters. The normalized spacial score (nSPS) is 23.4. The molecule has 0 aromatic rings. The van der Waals surface area contributed by atoms with E-state index in [4.69, 9.17) is 5.73 Å². The minimum absolute atomic E-state index is 0.105. The molecule has 0 aromatic carbocycles. The number of amides is 1. The third kappa shape index (κ3) is 3.27. The fraction of sp³-hybridized carbons (Fsp3) is 0.900. The monoisotopic (exact) mass is 199 g/mol. The predicted octanol–water partition coefficient (Wildman–Crippen LogP) is -0.0643. The van der Waals surface area contributed by atoms with E-state index in [0.29, 0.717) is 12.6 Å². The average Bonchev–Trinajstić information content (AvgIpc) is 2.21. The Hall–Kier alpha value is -0.610. The summed E-state index contributed by atoms with van der Waals surface area (Å²) in [7, 11) is 1.68. The van der Waals surface area contributed by atoms with Crippen LogP contribution in [0.15, 0.2) is 0 Å². The summed E-state index contributed by atoms with van der Waals surface area (Å²) in [4.78, 5) is 13.5. The van der Waals surface area contributed by atoms with Crippen LogP contribution in [-0.2, 0) is 4.79 Å². The maximum atomic E-state index is 11.2. The second-order valence-electron chi connectivity index (χ2n) is 3.87. The number of likely N-dealkylation sites (N-methyl/N-ethyl adjacent to an activating group) is 1. The van der Waals surface area contributed by atoms with E-state index in [1.165, 1.54) is 19.3 Å². The Morgan fingerprint density at radius 1 is 1.57 bits per heavy atom. The smallest absolute Gasteiger partial charge is 0.233 e. The number of piperidine rings is 1. The van der Waals surface area contributed by atoms with Crippen LogP contribution >= 0.6 is 0 Å². The zero-order valence-corrected chi connectivity index (χ0v) is 8.96. The van der Waals surface area contributed by atoms with Gasteiger partial charge in [0.2, 0.25) is 5.91 Å². The fourth-order valence-corrected chi connectivity index (χ4v) is 2.05. The van der Waals surface area contributed by atoms with Gasteiger partial charge >= 0.3 is 0 Å². The number of nitrogens with one attached hydrogen (secondary N) is 1. The van der Waals surface area contributed by atoms with Gasteiger partial charge in [-0.15, -0.1) is 0 Å². The van der Waals surface area contributed by atoms with Crippen molar-refractivity contribution < 1.29 is 4.79 Å². The molecule has 82 valence electrons. The molecule has 1 atom stereocenters. The topological polar surface area (TPSA) is 58.4 Å². The van der Waals surface area contributed by atoms with E-state index < -0.39 is 0 Å². The van der Waals surface area contributed by atoms with Crippen molar-refractivity contribution >= 4 is 5.91 Å². The molecule has 0 aliphatic carbocycles. The first kappa shape index (κ1) is 11.5. The number of rotatable bonds is 4. The summed E-state index contributed by atoms with van der Waals surface area (Å²) >= 11 is 0. The van der Waals surface area contributed by atoms with Gasteiger partial charge in [0.25, 0.3) is 0 Å². The lowest BCUT2D eigenvalue weighted by atomic mass is 9.99. The number of likely N-dealkylation sites (tertiary alicyclic amines) is 1. The van der Waals surface area contributed by atoms with Gasteiger partial charge in [0, 0.05) is 13.1 Å². The van der Waals surface area contributed by atoms with Crippen LogP contribution in [0.3, 0.4) is 0 Å². The summed E-state index contributed by atoms with van der Waals surface area (Å²) in [5.41, 5.74) is 5.56. The first-order chi connectivity index (χ1) is 6.77. The van der Waals surface area contributed by atoms with Gasteiger partial charge in [0.15, 0.2) is 0 Å². The van der Waals surface area contributed by atoms with E-state index in [1.807, 2.05) is 0 Å². The fourth-order valence-electron chi connectivity index (χ4n) is 2.05. The number of hydrogen-bond acceptors (Lipinski definition) is 3. The minimum atomic E-state index is 0.105. The highest BCUT2D eigenvalue weighted by atomic mass is 16.1. The number of hydrogen-bond donors (Lipinski definition) is 2. The standard InChI is InChI=1S/C10H21N3O/c1-12-10(14)8-13-7-3-2-4-9(13)5-6-11/h9H,2-8,11H2,1H3,(H,12,14). The molecule has 3 N–H and O–H groups in total. The Bertz CT molecular complexity index is 182. The van der Waals surface area contributed by atoms with Crippen LogP contribution in [0.5, 0.6) is 0 Å². The zero-order chi connectivity index (χ0) is 10.4. The average molecular weight is 199 g/mol. The van der Waals surface area contributed by atoms with Crippen LogP contribution in [0.2, 0.25) is 0 Å². The first-order valence-electron chi connectivity index (χ1n) is 5.42. The van der Waals surface area contributed by atoms with Gasteiger partial charge in [-0.05, 0) is 32.4 Å². The van der Waals surface area contributed by atoms with Gasteiger partial charge in [-0.2, -0.15) is 0 Å². The highest BCUT2D eigenvalue weighted by Gasteiger charge is 2.22. The van der Waals surface area contributed by atoms with E-state index in [1.54, 1.807) is 7.05 Å². The molecule has 1 aliphatic heterocycles. The maximum absolute atomic E-state index is 11.2. The minimum Gasteiger partial charge on any atom is -0.358 e. The Morgan fingerprint density at radius 2 is 2.36 bits per heavy atom. The van der Waals surface area contributed by atoms with E-state index >= 15 is 0 Å². The van der Waals surface area contributed by atoms with E-state index in [-0.39, 0.29) is 5.91 Å². The van der Waals surface area contributed by atoms with Gasteiger partial charge in [-0.1, -0.05) is 6.42 Å². The van der Waals surface area contributed by atoms with Crippen LogP contribution < -0.4 is 11.1 Å². The number of nitrogens with two attached hydrogens (primary N) is 1. The molecule has 14 heavy (non-hydrogen) atoms. The third-order valence-corrected chi connectivity index (χ3v) is 2.87. The predicted molar refractivity (Wildman–Crippen MR) is 57.0 cm³/mol. The molecule has 1 rings (SSSR count). The van der Waals surface area contributed by atoms with Crippen LogP contribution in [0, 0.1) is 0 Å².